The van der Waals surface area contributed by atoms with Crippen LogP contribution in [-0.4, -0.2) is 41.2 Å². The molecule has 3 aromatic rings. The summed E-state index contributed by atoms with van der Waals surface area (Å²) in [7, 11) is 0. The zero-order valence-corrected chi connectivity index (χ0v) is 18.6. The molecule has 172 valence electrons. The Morgan fingerprint density at radius 2 is 1.41 bits per heavy atom. The maximum Gasteiger partial charge on any atom is 0.276 e. The fourth-order valence-electron chi connectivity index (χ4n) is 3.56. The van der Waals surface area contributed by atoms with Gasteiger partial charge < -0.3 is 4.74 Å². The van der Waals surface area contributed by atoms with Crippen LogP contribution in [0.1, 0.15) is 26.3 Å². The van der Waals surface area contributed by atoms with Gasteiger partial charge in [-0.2, -0.15) is 0 Å². The topological polar surface area (TPSA) is 105 Å². The first kappa shape index (κ1) is 23.0. The first-order valence-electron chi connectivity index (χ1n) is 10.4. The lowest BCUT2D eigenvalue weighted by molar-refractivity contribution is -0.132. The number of ether oxygens (including phenoxy) is 1. The number of fused-ring (bicyclic) bond motifs is 1. The van der Waals surface area contributed by atoms with Crippen LogP contribution in [0.25, 0.3) is 0 Å². The number of nitrogens with one attached hydrogen (secondary N) is 2. The zero-order chi connectivity index (χ0) is 24.1. The molecule has 1 atom stereocenters. The van der Waals surface area contributed by atoms with Crippen LogP contribution in [0.3, 0.4) is 0 Å². The Kier molecular flexibility index (Phi) is 6.89. The van der Waals surface area contributed by atoms with Gasteiger partial charge in [0.25, 0.3) is 23.6 Å². The third-order valence-corrected chi connectivity index (χ3v) is 5.47. The van der Waals surface area contributed by atoms with Crippen LogP contribution in [0.2, 0.25) is 5.02 Å². The largest absolute Gasteiger partial charge is 0.484 e. The van der Waals surface area contributed by atoms with E-state index in [1.54, 1.807) is 72.8 Å². The van der Waals surface area contributed by atoms with E-state index >= 15 is 0 Å². The molecule has 0 aromatic heterocycles. The van der Waals surface area contributed by atoms with E-state index in [0.717, 1.165) is 10.5 Å². The Bertz CT molecular complexity index is 1200. The molecule has 0 bridgehead atoms. The fourth-order valence-corrected chi connectivity index (χ4v) is 3.69. The standard InChI is InChI=1S/C25H20ClN3O5/c26-17-10-12-18(13-11-17)34-15-22(30)27-28-23(31)21(14-16-6-2-1-3-7-16)29-24(32)19-8-4-5-9-20(19)25(29)33/h1-13,21H,14-15H2,(H,27,30)(H,28,31)/t21-/m0/s1. The third-order valence-electron chi connectivity index (χ3n) is 5.22. The lowest BCUT2D eigenvalue weighted by Crippen LogP contribution is -2.55. The highest BCUT2D eigenvalue weighted by Crippen LogP contribution is 2.26. The van der Waals surface area contributed by atoms with Crippen LogP contribution in [0.15, 0.2) is 78.9 Å². The van der Waals surface area contributed by atoms with Crippen molar-refractivity contribution >= 4 is 35.2 Å². The molecule has 2 N–H and O–H groups in total. The molecule has 0 saturated carbocycles. The molecule has 0 spiro atoms. The quantitative estimate of drug-likeness (QED) is 0.402. The van der Waals surface area contributed by atoms with Gasteiger partial charge in [-0.3, -0.25) is 34.9 Å². The first-order valence-corrected chi connectivity index (χ1v) is 10.8. The summed E-state index contributed by atoms with van der Waals surface area (Å²) in [6.07, 6.45) is 0.0787. The molecule has 34 heavy (non-hydrogen) atoms. The normalized spacial score (nSPS) is 13.3. The number of amides is 4. The van der Waals surface area contributed by atoms with Gasteiger partial charge in [-0.25, -0.2) is 0 Å². The van der Waals surface area contributed by atoms with Crippen molar-refractivity contribution < 1.29 is 23.9 Å². The molecule has 1 aliphatic heterocycles. The summed E-state index contributed by atoms with van der Waals surface area (Å²) in [6.45, 7) is -0.363. The number of imide groups is 1. The Morgan fingerprint density at radius 3 is 2.03 bits per heavy atom. The van der Waals surface area contributed by atoms with Crippen molar-refractivity contribution in [3.05, 3.63) is 101 Å². The van der Waals surface area contributed by atoms with Crippen LogP contribution in [0.5, 0.6) is 5.75 Å². The SMILES string of the molecule is O=C(COc1ccc(Cl)cc1)NNC(=O)[C@H](Cc1ccccc1)N1C(=O)c2ccccc2C1=O. The van der Waals surface area contributed by atoms with Crippen molar-refractivity contribution in [1.29, 1.82) is 0 Å². The molecule has 0 unspecified atom stereocenters. The Balaban J connectivity index is 1.45. The number of rotatable bonds is 7. The summed E-state index contributed by atoms with van der Waals surface area (Å²) >= 11 is 5.82. The minimum absolute atomic E-state index is 0.0787. The van der Waals surface area contributed by atoms with Crippen LogP contribution in [0.4, 0.5) is 0 Å². The van der Waals surface area contributed by atoms with Crippen molar-refractivity contribution in [2.75, 3.05) is 6.61 Å². The highest BCUT2D eigenvalue weighted by molar-refractivity contribution is 6.30. The number of halogens is 1. The number of hydrogen-bond donors (Lipinski definition) is 2. The minimum atomic E-state index is -1.17. The lowest BCUT2D eigenvalue weighted by Gasteiger charge is -2.25. The number of benzene rings is 3. The van der Waals surface area contributed by atoms with E-state index in [1.165, 1.54) is 0 Å². The zero-order valence-electron chi connectivity index (χ0n) is 17.9. The van der Waals surface area contributed by atoms with Crippen molar-refractivity contribution in [2.24, 2.45) is 0 Å². The average molecular weight is 478 g/mol. The monoisotopic (exact) mass is 477 g/mol. The van der Waals surface area contributed by atoms with E-state index in [9.17, 15) is 19.2 Å². The molecular formula is C25H20ClN3O5. The van der Waals surface area contributed by atoms with Gasteiger partial charge in [0, 0.05) is 11.4 Å². The van der Waals surface area contributed by atoms with E-state index in [-0.39, 0.29) is 24.2 Å². The Morgan fingerprint density at radius 1 is 0.824 bits per heavy atom. The Hall–Kier alpha value is -4.17. The molecule has 1 aliphatic rings. The maximum atomic E-state index is 13.1. The number of hydrazine groups is 1. The van der Waals surface area contributed by atoms with Gasteiger partial charge in [-0.1, -0.05) is 54.1 Å². The highest BCUT2D eigenvalue weighted by atomic mass is 35.5. The van der Waals surface area contributed by atoms with Crippen LogP contribution in [-0.2, 0) is 16.0 Å². The van der Waals surface area contributed by atoms with E-state index < -0.39 is 29.7 Å². The number of hydrogen-bond acceptors (Lipinski definition) is 5. The van der Waals surface area contributed by atoms with Crippen molar-refractivity contribution in [2.45, 2.75) is 12.5 Å². The molecule has 3 aromatic carbocycles. The second-order valence-corrected chi connectivity index (χ2v) is 7.95. The van der Waals surface area contributed by atoms with Crippen LogP contribution < -0.4 is 15.6 Å². The van der Waals surface area contributed by atoms with Gasteiger partial charge in [-0.05, 0) is 42.0 Å². The number of carbonyl (C=O) groups excluding carboxylic acids is 4. The van der Waals surface area contributed by atoms with E-state index in [1.807, 2.05) is 6.07 Å². The second-order valence-electron chi connectivity index (χ2n) is 7.51. The summed E-state index contributed by atoms with van der Waals surface area (Å²) in [4.78, 5) is 52.1. The van der Waals surface area contributed by atoms with E-state index in [0.29, 0.717) is 10.8 Å². The predicted molar refractivity (Wildman–Crippen MR) is 124 cm³/mol. The fraction of sp³-hybridized carbons (Fsp3) is 0.120. The second kappa shape index (κ2) is 10.2. The predicted octanol–water partition coefficient (Wildman–Crippen LogP) is 2.77. The third kappa shape index (κ3) is 5.07. The summed E-state index contributed by atoms with van der Waals surface area (Å²) in [5.74, 6) is -2.02. The summed E-state index contributed by atoms with van der Waals surface area (Å²) in [6, 6.07) is 20.7. The summed E-state index contributed by atoms with van der Waals surface area (Å²) in [5, 5.41) is 0.529. The van der Waals surface area contributed by atoms with E-state index in [4.69, 9.17) is 16.3 Å². The molecule has 0 saturated heterocycles. The molecule has 0 aliphatic carbocycles. The van der Waals surface area contributed by atoms with Crippen LogP contribution in [0, 0.1) is 0 Å². The first-order chi connectivity index (χ1) is 16.4. The van der Waals surface area contributed by atoms with Crippen molar-refractivity contribution in [3.63, 3.8) is 0 Å². The van der Waals surface area contributed by atoms with Gasteiger partial charge >= 0.3 is 0 Å². The maximum absolute atomic E-state index is 13.1. The van der Waals surface area contributed by atoms with Crippen molar-refractivity contribution in [1.82, 2.24) is 15.8 Å². The number of carbonyl (C=O) groups is 4. The van der Waals surface area contributed by atoms with Gasteiger partial charge in [-0.15, -0.1) is 0 Å². The average Bonchev–Trinajstić information content (AvgIpc) is 3.11. The molecule has 0 radical (unpaired) electrons. The molecular weight excluding hydrogens is 458 g/mol. The molecule has 4 rings (SSSR count). The van der Waals surface area contributed by atoms with Crippen LogP contribution >= 0.6 is 11.6 Å². The van der Waals surface area contributed by atoms with Crippen molar-refractivity contribution in [3.8, 4) is 5.75 Å². The van der Waals surface area contributed by atoms with Gasteiger partial charge in [0.15, 0.2) is 6.61 Å². The molecule has 8 nitrogen and oxygen atoms in total. The molecule has 1 heterocycles. The molecule has 9 heteroatoms. The van der Waals surface area contributed by atoms with Gasteiger partial charge in [0.1, 0.15) is 11.8 Å². The Labute approximate surface area is 200 Å². The molecule has 0 fully saturated rings. The van der Waals surface area contributed by atoms with Gasteiger partial charge in [0.05, 0.1) is 11.1 Å². The number of nitrogens with zero attached hydrogens (tertiary/aromatic N) is 1. The van der Waals surface area contributed by atoms with E-state index in [2.05, 4.69) is 10.9 Å². The molecule has 4 amide bonds. The highest BCUT2D eigenvalue weighted by Gasteiger charge is 2.42. The summed E-state index contributed by atoms with van der Waals surface area (Å²) in [5.41, 5.74) is 5.79. The smallest absolute Gasteiger partial charge is 0.276 e. The summed E-state index contributed by atoms with van der Waals surface area (Å²) < 4.78 is 5.35. The minimum Gasteiger partial charge on any atom is -0.484 e. The lowest BCUT2D eigenvalue weighted by atomic mass is 10.0. The van der Waals surface area contributed by atoms with Gasteiger partial charge in [0.2, 0.25) is 0 Å².